The highest BCUT2D eigenvalue weighted by atomic mass is 32.1. The zero-order valence-corrected chi connectivity index (χ0v) is 18.0. The summed E-state index contributed by atoms with van der Waals surface area (Å²) in [5, 5.41) is 5.92. The molecule has 3 rings (SSSR count). The third kappa shape index (κ3) is 5.35. The van der Waals surface area contributed by atoms with Crippen LogP contribution in [0.25, 0.3) is 10.6 Å². The van der Waals surface area contributed by atoms with Gasteiger partial charge >= 0.3 is 0 Å². The van der Waals surface area contributed by atoms with Crippen LogP contribution < -0.4 is 14.8 Å². The van der Waals surface area contributed by atoms with Gasteiger partial charge in [-0.3, -0.25) is 4.79 Å². The van der Waals surface area contributed by atoms with E-state index in [2.05, 4.69) is 10.3 Å². The number of nitrogens with zero attached hydrogens (tertiary/aromatic N) is 1. The molecular weight excluding hydrogens is 384 g/mol. The van der Waals surface area contributed by atoms with Gasteiger partial charge in [0.15, 0.2) is 6.10 Å². The van der Waals surface area contributed by atoms with E-state index in [-0.39, 0.29) is 5.91 Å². The summed E-state index contributed by atoms with van der Waals surface area (Å²) in [7, 11) is 1.65. The van der Waals surface area contributed by atoms with E-state index >= 15 is 0 Å². The van der Waals surface area contributed by atoms with Crippen LogP contribution >= 0.6 is 11.3 Å². The van der Waals surface area contributed by atoms with Gasteiger partial charge in [-0.25, -0.2) is 4.98 Å². The maximum absolute atomic E-state index is 12.4. The van der Waals surface area contributed by atoms with Crippen LogP contribution in [0.15, 0.2) is 47.8 Å². The molecule has 6 heteroatoms. The van der Waals surface area contributed by atoms with E-state index in [1.165, 1.54) is 0 Å². The van der Waals surface area contributed by atoms with Gasteiger partial charge in [0.25, 0.3) is 5.91 Å². The van der Waals surface area contributed by atoms with Gasteiger partial charge in [-0.05, 0) is 62.2 Å². The third-order valence-electron chi connectivity index (χ3n) is 4.80. The monoisotopic (exact) mass is 410 g/mol. The number of thiazole rings is 1. The van der Waals surface area contributed by atoms with Crippen molar-refractivity contribution in [1.29, 1.82) is 0 Å². The van der Waals surface area contributed by atoms with Crippen LogP contribution in [0.3, 0.4) is 0 Å². The van der Waals surface area contributed by atoms with Crippen molar-refractivity contribution in [1.82, 2.24) is 10.3 Å². The molecule has 1 amide bonds. The van der Waals surface area contributed by atoms with Gasteiger partial charge in [0, 0.05) is 23.9 Å². The molecule has 5 nitrogen and oxygen atoms in total. The van der Waals surface area contributed by atoms with E-state index in [1.807, 2.05) is 61.7 Å². The standard InChI is InChI=1S/C23H26N2O3S/c1-15-6-5-7-21(16(15)2)28-17(3)22(26)24-13-12-19-14-29-23(25-19)18-8-10-20(27-4)11-9-18/h5-11,14,17H,12-13H2,1-4H3,(H,24,26)/t17-/m0/s1. The molecule has 0 aliphatic carbocycles. The highest BCUT2D eigenvalue weighted by Gasteiger charge is 2.16. The lowest BCUT2D eigenvalue weighted by Gasteiger charge is -2.17. The van der Waals surface area contributed by atoms with Crippen molar-refractivity contribution < 1.29 is 14.3 Å². The molecule has 29 heavy (non-hydrogen) atoms. The van der Waals surface area contributed by atoms with Gasteiger partial charge in [-0.1, -0.05) is 12.1 Å². The normalized spacial score (nSPS) is 11.7. The van der Waals surface area contributed by atoms with E-state index in [0.717, 1.165) is 38.9 Å². The molecule has 0 saturated heterocycles. The Balaban J connectivity index is 1.50. The topological polar surface area (TPSA) is 60.5 Å². The molecule has 0 unspecified atom stereocenters. The molecule has 152 valence electrons. The molecule has 1 heterocycles. The number of carbonyl (C=O) groups excluding carboxylic acids is 1. The third-order valence-corrected chi connectivity index (χ3v) is 5.74. The number of benzene rings is 2. The summed E-state index contributed by atoms with van der Waals surface area (Å²) >= 11 is 1.60. The fourth-order valence-corrected chi connectivity index (χ4v) is 3.70. The smallest absolute Gasteiger partial charge is 0.260 e. The van der Waals surface area contributed by atoms with Crippen LogP contribution in [-0.4, -0.2) is 30.6 Å². The first-order chi connectivity index (χ1) is 14.0. The number of carbonyl (C=O) groups is 1. The van der Waals surface area contributed by atoms with Crippen molar-refractivity contribution in [2.75, 3.05) is 13.7 Å². The molecule has 3 aromatic rings. The average molecular weight is 411 g/mol. The van der Waals surface area contributed by atoms with E-state index in [4.69, 9.17) is 9.47 Å². The van der Waals surface area contributed by atoms with Gasteiger partial charge in [-0.15, -0.1) is 11.3 Å². The van der Waals surface area contributed by atoms with Crippen LogP contribution in [0, 0.1) is 13.8 Å². The molecule has 0 saturated carbocycles. The van der Waals surface area contributed by atoms with Crippen molar-refractivity contribution in [3.63, 3.8) is 0 Å². The number of nitrogens with one attached hydrogen (secondary N) is 1. The lowest BCUT2D eigenvalue weighted by Crippen LogP contribution is -2.37. The highest BCUT2D eigenvalue weighted by Crippen LogP contribution is 2.26. The zero-order valence-electron chi connectivity index (χ0n) is 17.2. The van der Waals surface area contributed by atoms with Crippen LogP contribution in [-0.2, 0) is 11.2 Å². The number of hydrogen-bond donors (Lipinski definition) is 1. The van der Waals surface area contributed by atoms with Gasteiger partial charge in [0.2, 0.25) is 0 Å². The molecular formula is C23H26N2O3S. The van der Waals surface area contributed by atoms with Crippen molar-refractivity contribution in [3.8, 4) is 22.1 Å². The second-order valence-corrected chi connectivity index (χ2v) is 7.73. The average Bonchev–Trinajstić information content (AvgIpc) is 3.20. The van der Waals surface area contributed by atoms with E-state index in [1.54, 1.807) is 25.4 Å². The first kappa shape index (κ1) is 20.9. The molecule has 2 aromatic carbocycles. The van der Waals surface area contributed by atoms with Crippen molar-refractivity contribution in [3.05, 3.63) is 64.7 Å². The SMILES string of the molecule is COc1ccc(-c2nc(CCNC(=O)[C@H](C)Oc3cccc(C)c3C)cs2)cc1. The van der Waals surface area contributed by atoms with Gasteiger partial charge in [-0.2, -0.15) is 0 Å². The minimum Gasteiger partial charge on any atom is -0.497 e. The van der Waals surface area contributed by atoms with E-state index < -0.39 is 6.10 Å². The summed E-state index contributed by atoms with van der Waals surface area (Å²) < 4.78 is 11.0. The second kappa shape index (κ2) is 9.56. The second-order valence-electron chi connectivity index (χ2n) is 6.87. The summed E-state index contributed by atoms with van der Waals surface area (Å²) in [6, 6.07) is 13.7. The molecule has 1 N–H and O–H groups in total. The predicted molar refractivity (Wildman–Crippen MR) is 117 cm³/mol. The lowest BCUT2D eigenvalue weighted by molar-refractivity contribution is -0.127. The molecule has 0 radical (unpaired) electrons. The van der Waals surface area contributed by atoms with E-state index in [9.17, 15) is 4.79 Å². The Morgan fingerprint density at radius 1 is 1.17 bits per heavy atom. The van der Waals surface area contributed by atoms with Crippen molar-refractivity contribution in [2.24, 2.45) is 0 Å². The summed E-state index contributed by atoms with van der Waals surface area (Å²) in [6.45, 7) is 6.31. The molecule has 0 bridgehead atoms. The van der Waals surface area contributed by atoms with Gasteiger partial charge < -0.3 is 14.8 Å². The summed E-state index contributed by atoms with van der Waals surface area (Å²) in [5.41, 5.74) is 4.22. The Labute approximate surface area is 175 Å². The molecule has 0 aliphatic rings. The van der Waals surface area contributed by atoms with Crippen molar-refractivity contribution >= 4 is 17.2 Å². The molecule has 1 atom stereocenters. The molecule has 0 fully saturated rings. The van der Waals surface area contributed by atoms with Crippen molar-refractivity contribution in [2.45, 2.75) is 33.3 Å². The molecule has 0 spiro atoms. The quantitative estimate of drug-likeness (QED) is 0.591. The number of hydrogen-bond acceptors (Lipinski definition) is 5. The number of amides is 1. The zero-order chi connectivity index (χ0) is 20.8. The molecule has 1 aromatic heterocycles. The predicted octanol–water partition coefficient (Wildman–Crippen LogP) is 4.56. The highest BCUT2D eigenvalue weighted by molar-refractivity contribution is 7.13. The van der Waals surface area contributed by atoms with Crippen LogP contribution in [0.5, 0.6) is 11.5 Å². The summed E-state index contributed by atoms with van der Waals surface area (Å²) in [4.78, 5) is 17.0. The summed E-state index contributed by atoms with van der Waals surface area (Å²) in [6.07, 6.45) is 0.120. The Morgan fingerprint density at radius 3 is 2.66 bits per heavy atom. The van der Waals surface area contributed by atoms with Gasteiger partial charge in [0.1, 0.15) is 16.5 Å². The minimum absolute atomic E-state index is 0.128. The number of rotatable bonds is 8. The maximum atomic E-state index is 12.4. The van der Waals surface area contributed by atoms with Crippen LogP contribution in [0.1, 0.15) is 23.7 Å². The van der Waals surface area contributed by atoms with Crippen LogP contribution in [0.4, 0.5) is 0 Å². The number of methoxy groups -OCH3 is 1. The first-order valence-electron chi connectivity index (χ1n) is 9.57. The minimum atomic E-state index is -0.555. The van der Waals surface area contributed by atoms with E-state index in [0.29, 0.717) is 13.0 Å². The lowest BCUT2D eigenvalue weighted by atomic mass is 10.1. The fourth-order valence-electron chi connectivity index (χ4n) is 2.84. The maximum Gasteiger partial charge on any atom is 0.260 e. The van der Waals surface area contributed by atoms with Crippen LogP contribution in [0.2, 0.25) is 0 Å². The first-order valence-corrected chi connectivity index (χ1v) is 10.5. The number of ether oxygens (including phenoxy) is 2. The molecule has 0 aliphatic heterocycles. The number of aryl methyl sites for hydroxylation is 1. The number of aromatic nitrogens is 1. The summed E-state index contributed by atoms with van der Waals surface area (Å²) in [5.74, 6) is 1.44. The Hall–Kier alpha value is -2.86. The Bertz CT molecular complexity index is 967. The Morgan fingerprint density at radius 2 is 1.93 bits per heavy atom. The Kier molecular flexibility index (Phi) is 6.88. The fraction of sp³-hybridized carbons (Fsp3) is 0.304. The van der Waals surface area contributed by atoms with Gasteiger partial charge in [0.05, 0.1) is 12.8 Å². The largest absolute Gasteiger partial charge is 0.497 e.